The Balaban J connectivity index is 2.92. The molecule has 0 spiro atoms. The van der Waals surface area contributed by atoms with Crippen LogP contribution in [0.15, 0.2) is 21.7 Å². The number of halogens is 2. The van der Waals surface area contributed by atoms with Gasteiger partial charge in [0.15, 0.2) is 18.2 Å². The van der Waals surface area contributed by atoms with Gasteiger partial charge in [0, 0.05) is 10.0 Å². The predicted octanol–water partition coefficient (Wildman–Crippen LogP) is 1.53. The lowest BCUT2D eigenvalue weighted by molar-refractivity contribution is -0.145. The Hall–Kier alpha value is -2.16. The molecule has 9 heteroatoms. The number of primary amides is 1. The van der Waals surface area contributed by atoms with Crippen LogP contribution in [0.25, 0.3) is 0 Å². The van der Waals surface area contributed by atoms with E-state index in [0.717, 1.165) is 6.21 Å². The van der Waals surface area contributed by atoms with Crippen molar-refractivity contribution in [3.05, 3.63) is 28.0 Å². The van der Waals surface area contributed by atoms with Crippen LogP contribution in [0.4, 0.5) is 9.18 Å². The molecule has 0 aromatic heterocycles. The Morgan fingerprint density at radius 2 is 2.24 bits per heavy atom. The van der Waals surface area contributed by atoms with E-state index in [-0.39, 0.29) is 17.9 Å². The van der Waals surface area contributed by atoms with Crippen LogP contribution in [0.5, 0.6) is 5.75 Å². The lowest BCUT2D eigenvalue weighted by Gasteiger charge is -2.10. The van der Waals surface area contributed by atoms with Gasteiger partial charge < -0.3 is 15.2 Å². The number of hydrazone groups is 1. The van der Waals surface area contributed by atoms with Gasteiger partial charge in [0.1, 0.15) is 0 Å². The number of hydrogen-bond donors (Lipinski definition) is 2. The van der Waals surface area contributed by atoms with E-state index in [1.54, 1.807) is 6.92 Å². The predicted molar refractivity (Wildman–Crippen MR) is 76.5 cm³/mol. The molecule has 0 aliphatic carbocycles. The first kappa shape index (κ1) is 16.9. The topological polar surface area (TPSA) is 103 Å². The maximum atomic E-state index is 13.9. The summed E-state index contributed by atoms with van der Waals surface area (Å²) in [4.78, 5) is 21.7. The number of ether oxygens (including phenoxy) is 2. The Kier molecular flexibility index (Phi) is 6.60. The van der Waals surface area contributed by atoms with Crippen molar-refractivity contribution in [2.45, 2.75) is 6.92 Å². The fourth-order valence-electron chi connectivity index (χ4n) is 1.33. The van der Waals surface area contributed by atoms with Crippen molar-refractivity contribution in [1.29, 1.82) is 0 Å². The first-order valence-corrected chi connectivity index (χ1v) is 6.59. The van der Waals surface area contributed by atoms with Crippen LogP contribution in [-0.2, 0) is 9.53 Å². The van der Waals surface area contributed by atoms with Crippen LogP contribution in [-0.4, -0.2) is 31.4 Å². The van der Waals surface area contributed by atoms with Crippen LogP contribution in [0.3, 0.4) is 0 Å². The summed E-state index contributed by atoms with van der Waals surface area (Å²) in [6.45, 7) is 1.39. The Labute approximate surface area is 128 Å². The lowest BCUT2D eigenvalue weighted by Crippen LogP contribution is -2.24. The van der Waals surface area contributed by atoms with Crippen molar-refractivity contribution in [2.75, 3.05) is 13.2 Å². The van der Waals surface area contributed by atoms with Gasteiger partial charge in [0.25, 0.3) is 0 Å². The van der Waals surface area contributed by atoms with Crippen LogP contribution in [0, 0.1) is 5.82 Å². The van der Waals surface area contributed by atoms with Crippen molar-refractivity contribution in [2.24, 2.45) is 10.8 Å². The van der Waals surface area contributed by atoms with Gasteiger partial charge >= 0.3 is 12.0 Å². The normalized spacial score (nSPS) is 10.4. The zero-order valence-electron chi connectivity index (χ0n) is 11.1. The fraction of sp³-hybridized carbons (Fsp3) is 0.250. The van der Waals surface area contributed by atoms with Crippen LogP contribution < -0.4 is 15.9 Å². The first-order chi connectivity index (χ1) is 9.93. The summed E-state index contributed by atoms with van der Waals surface area (Å²) in [5, 5.41) is 3.51. The maximum Gasteiger partial charge on any atom is 0.344 e. The molecular weight excluding hydrogens is 349 g/mol. The molecule has 0 bridgehead atoms. The molecule has 0 unspecified atom stereocenters. The minimum Gasteiger partial charge on any atom is -0.478 e. The van der Waals surface area contributed by atoms with E-state index in [0.29, 0.717) is 4.47 Å². The van der Waals surface area contributed by atoms with Crippen molar-refractivity contribution in [1.82, 2.24) is 5.43 Å². The standard InChI is InChI=1S/C12H13BrFN3O4/c1-2-20-10(18)6-21-11-7(5-16-17-12(15)19)3-8(13)4-9(11)14/h3-5H,2,6H2,1H3,(H3,15,17,19). The van der Waals surface area contributed by atoms with Crippen molar-refractivity contribution < 1.29 is 23.5 Å². The third kappa shape index (κ3) is 5.78. The smallest absolute Gasteiger partial charge is 0.344 e. The second kappa shape index (κ2) is 8.20. The van der Waals surface area contributed by atoms with Gasteiger partial charge in [-0.25, -0.2) is 19.4 Å². The van der Waals surface area contributed by atoms with Gasteiger partial charge in [-0.15, -0.1) is 0 Å². The van der Waals surface area contributed by atoms with Crippen LogP contribution in [0.2, 0.25) is 0 Å². The molecule has 0 atom stereocenters. The molecule has 0 saturated heterocycles. The Morgan fingerprint density at radius 1 is 1.52 bits per heavy atom. The number of rotatable bonds is 6. The quantitative estimate of drug-likeness (QED) is 0.455. The summed E-state index contributed by atoms with van der Waals surface area (Å²) in [7, 11) is 0. The van der Waals surface area contributed by atoms with E-state index >= 15 is 0 Å². The van der Waals surface area contributed by atoms with Crippen molar-refractivity contribution >= 4 is 34.1 Å². The summed E-state index contributed by atoms with van der Waals surface area (Å²) in [6.07, 6.45) is 1.14. The summed E-state index contributed by atoms with van der Waals surface area (Å²) in [6, 6.07) is 1.80. The molecule has 0 saturated carbocycles. The molecule has 1 aromatic rings. The van der Waals surface area contributed by atoms with Gasteiger partial charge in [0.2, 0.25) is 0 Å². The highest BCUT2D eigenvalue weighted by Gasteiger charge is 2.13. The molecule has 114 valence electrons. The highest BCUT2D eigenvalue weighted by molar-refractivity contribution is 9.10. The molecule has 7 nitrogen and oxygen atoms in total. The van der Waals surface area contributed by atoms with Gasteiger partial charge in [-0.3, -0.25) is 0 Å². The highest BCUT2D eigenvalue weighted by Crippen LogP contribution is 2.26. The van der Waals surface area contributed by atoms with E-state index < -0.39 is 24.4 Å². The molecule has 3 N–H and O–H groups in total. The third-order valence-electron chi connectivity index (χ3n) is 2.06. The lowest BCUT2D eigenvalue weighted by atomic mass is 10.2. The fourth-order valence-corrected chi connectivity index (χ4v) is 1.78. The number of nitrogens with two attached hydrogens (primary N) is 1. The third-order valence-corrected chi connectivity index (χ3v) is 2.51. The molecule has 0 fully saturated rings. The number of carbonyl (C=O) groups is 2. The first-order valence-electron chi connectivity index (χ1n) is 5.80. The number of nitrogens with zero attached hydrogens (tertiary/aromatic N) is 1. The van der Waals surface area contributed by atoms with E-state index in [2.05, 4.69) is 25.8 Å². The molecular formula is C12H13BrFN3O4. The van der Waals surface area contributed by atoms with Gasteiger partial charge in [-0.05, 0) is 19.1 Å². The zero-order valence-corrected chi connectivity index (χ0v) is 12.6. The average Bonchev–Trinajstić information content (AvgIpc) is 2.37. The summed E-state index contributed by atoms with van der Waals surface area (Å²) in [5.41, 5.74) is 7.02. The number of carbonyl (C=O) groups excluding carboxylic acids is 2. The monoisotopic (exact) mass is 361 g/mol. The maximum absolute atomic E-state index is 13.9. The highest BCUT2D eigenvalue weighted by atomic mass is 79.9. The number of amides is 2. The molecule has 0 aliphatic rings. The molecule has 0 radical (unpaired) electrons. The number of esters is 1. The van der Waals surface area contributed by atoms with Gasteiger partial charge in [-0.2, -0.15) is 5.10 Å². The van der Waals surface area contributed by atoms with Crippen LogP contribution in [0.1, 0.15) is 12.5 Å². The average molecular weight is 362 g/mol. The van der Waals surface area contributed by atoms with Crippen molar-refractivity contribution in [3.8, 4) is 5.75 Å². The summed E-state index contributed by atoms with van der Waals surface area (Å²) >= 11 is 3.11. The van der Waals surface area contributed by atoms with E-state index in [1.807, 2.05) is 5.43 Å². The van der Waals surface area contributed by atoms with Crippen LogP contribution >= 0.6 is 15.9 Å². The van der Waals surface area contributed by atoms with Gasteiger partial charge in [0.05, 0.1) is 12.8 Å². The number of urea groups is 1. The Bertz CT molecular complexity index is 566. The summed E-state index contributed by atoms with van der Waals surface area (Å²) in [5.74, 6) is -1.52. The molecule has 1 aromatic carbocycles. The summed E-state index contributed by atoms with van der Waals surface area (Å²) < 4.78 is 24.1. The Morgan fingerprint density at radius 3 is 2.86 bits per heavy atom. The molecule has 21 heavy (non-hydrogen) atoms. The van der Waals surface area contributed by atoms with E-state index in [4.69, 9.17) is 10.5 Å². The van der Waals surface area contributed by atoms with Crippen molar-refractivity contribution in [3.63, 3.8) is 0 Å². The second-order valence-electron chi connectivity index (χ2n) is 3.63. The molecule has 2 amide bonds. The minimum atomic E-state index is -0.865. The molecule has 0 heterocycles. The molecule has 0 aliphatic heterocycles. The zero-order chi connectivity index (χ0) is 15.8. The minimum absolute atomic E-state index is 0.193. The number of hydrogen-bond acceptors (Lipinski definition) is 5. The second-order valence-corrected chi connectivity index (χ2v) is 4.55. The SMILES string of the molecule is CCOC(=O)COc1c(F)cc(Br)cc1C=NNC(N)=O. The van der Waals surface area contributed by atoms with E-state index in [1.165, 1.54) is 12.1 Å². The number of nitrogens with one attached hydrogen (secondary N) is 1. The molecule has 1 rings (SSSR count). The van der Waals surface area contributed by atoms with E-state index in [9.17, 15) is 14.0 Å². The number of benzene rings is 1. The van der Waals surface area contributed by atoms with Gasteiger partial charge in [-0.1, -0.05) is 15.9 Å². The largest absolute Gasteiger partial charge is 0.478 e.